The summed E-state index contributed by atoms with van der Waals surface area (Å²) in [6.07, 6.45) is 2.87. The molecule has 0 amide bonds. The molecule has 1 atom stereocenters. The second-order valence-electron chi connectivity index (χ2n) is 4.40. The van der Waals surface area contributed by atoms with Crippen molar-refractivity contribution in [3.05, 3.63) is 63.6 Å². The third-order valence-electron chi connectivity index (χ3n) is 3.04. The molecule has 0 spiro atoms. The standard InChI is InChI=1S/C15H16BrFN2/c1-3-19-15(12-6-7-18-9-14(12)17)11-4-5-13(16)10(2)8-11/h4-9,15,19H,3H2,1-2H3. The van der Waals surface area contributed by atoms with Crippen LogP contribution in [0.4, 0.5) is 4.39 Å². The molecule has 2 aromatic rings. The van der Waals surface area contributed by atoms with Crippen molar-refractivity contribution in [2.24, 2.45) is 0 Å². The number of rotatable bonds is 4. The van der Waals surface area contributed by atoms with E-state index in [9.17, 15) is 4.39 Å². The Labute approximate surface area is 121 Å². The van der Waals surface area contributed by atoms with Crippen molar-refractivity contribution in [3.63, 3.8) is 0 Å². The van der Waals surface area contributed by atoms with Gasteiger partial charge in [0, 0.05) is 16.2 Å². The normalized spacial score (nSPS) is 12.4. The molecule has 100 valence electrons. The molecule has 1 aromatic heterocycles. The van der Waals surface area contributed by atoms with Crippen LogP contribution in [0.25, 0.3) is 0 Å². The van der Waals surface area contributed by atoms with Crippen molar-refractivity contribution >= 4 is 15.9 Å². The number of hydrogen-bond acceptors (Lipinski definition) is 2. The van der Waals surface area contributed by atoms with Gasteiger partial charge in [-0.15, -0.1) is 0 Å². The summed E-state index contributed by atoms with van der Waals surface area (Å²) in [6.45, 7) is 4.80. The number of nitrogens with zero attached hydrogens (tertiary/aromatic N) is 1. The van der Waals surface area contributed by atoms with Crippen molar-refractivity contribution < 1.29 is 4.39 Å². The van der Waals surface area contributed by atoms with E-state index >= 15 is 0 Å². The minimum absolute atomic E-state index is 0.153. The van der Waals surface area contributed by atoms with Crippen LogP contribution in [0.1, 0.15) is 29.7 Å². The number of benzene rings is 1. The Hall–Kier alpha value is -1.26. The van der Waals surface area contributed by atoms with E-state index in [1.165, 1.54) is 6.20 Å². The Bertz CT molecular complexity index is 572. The fourth-order valence-corrected chi connectivity index (χ4v) is 2.33. The summed E-state index contributed by atoms with van der Waals surface area (Å²) >= 11 is 3.48. The molecule has 1 aromatic carbocycles. The first-order valence-corrected chi connectivity index (χ1v) is 7.01. The molecular weight excluding hydrogens is 307 g/mol. The quantitative estimate of drug-likeness (QED) is 0.920. The average molecular weight is 323 g/mol. The summed E-state index contributed by atoms with van der Waals surface area (Å²) in [7, 11) is 0. The second kappa shape index (κ2) is 6.26. The topological polar surface area (TPSA) is 24.9 Å². The molecule has 0 aliphatic heterocycles. The van der Waals surface area contributed by atoms with Gasteiger partial charge in [-0.25, -0.2) is 4.39 Å². The molecule has 1 N–H and O–H groups in total. The number of halogens is 2. The molecule has 0 bridgehead atoms. The number of hydrogen-bond donors (Lipinski definition) is 1. The van der Waals surface area contributed by atoms with Gasteiger partial charge >= 0.3 is 0 Å². The summed E-state index contributed by atoms with van der Waals surface area (Å²) in [4.78, 5) is 3.80. The van der Waals surface area contributed by atoms with Crippen molar-refractivity contribution in [2.75, 3.05) is 6.54 Å². The first-order valence-electron chi connectivity index (χ1n) is 6.22. The highest BCUT2D eigenvalue weighted by atomic mass is 79.9. The van der Waals surface area contributed by atoms with Crippen molar-refractivity contribution in [2.45, 2.75) is 19.9 Å². The summed E-state index contributed by atoms with van der Waals surface area (Å²) in [5, 5.41) is 3.32. The lowest BCUT2D eigenvalue weighted by atomic mass is 9.98. The Morgan fingerprint density at radius 1 is 1.37 bits per heavy atom. The molecule has 1 heterocycles. The van der Waals surface area contributed by atoms with Crippen molar-refractivity contribution in [3.8, 4) is 0 Å². The maximum atomic E-state index is 13.9. The molecule has 0 aliphatic carbocycles. The zero-order valence-corrected chi connectivity index (χ0v) is 12.5. The maximum absolute atomic E-state index is 13.9. The molecule has 0 saturated heterocycles. The Kier molecular flexibility index (Phi) is 4.66. The molecule has 2 rings (SSSR count). The Balaban J connectivity index is 2.45. The molecular formula is C15H16BrFN2. The van der Waals surface area contributed by atoms with E-state index in [2.05, 4.69) is 32.3 Å². The third-order valence-corrected chi connectivity index (χ3v) is 3.93. The fourth-order valence-electron chi connectivity index (χ4n) is 2.08. The van der Waals surface area contributed by atoms with E-state index in [0.29, 0.717) is 5.56 Å². The van der Waals surface area contributed by atoms with Gasteiger partial charge in [0.15, 0.2) is 0 Å². The fraction of sp³-hybridized carbons (Fsp3) is 0.267. The van der Waals surface area contributed by atoms with Gasteiger partial charge < -0.3 is 5.32 Å². The van der Waals surface area contributed by atoms with Gasteiger partial charge in [-0.3, -0.25) is 4.98 Å². The lowest BCUT2D eigenvalue weighted by Gasteiger charge is -2.20. The van der Waals surface area contributed by atoms with Gasteiger partial charge in [0.1, 0.15) is 5.82 Å². The molecule has 0 aliphatic rings. The number of aryl methyl sites for hydroxylation is 1. The van der Waals surface area contributed by atoms with Crippen molar-refractivity contribution in [1.82, 2.24) is 10.3 Å². The van der Waals surface area contributed by atoms with Gasteiger partial charge in [0.2, 0.25) is 0 Å². The summed E-state index contributed by atoms with van der Waals surface area (Å²) in [5.74, 6) is -0.283. The van der Waals surface area contributed by atoms with E-state index in [1.54, 1.807) is 12.3 Å². The zero-order valence-electron chi connectivity index (χ0n) is 11.0. The zero-order chi connectivity index (χ0) is 13.8. The van der Waals surface area contributed by atoms with Gasteiger partial charge in [-0.2, -0.15) is 0 Å². The minimum atomic E-state index is -0.283. The molecule has 0 radical (unpaired) electrons. The summed E-state index contributed by atoms with van der Waals surface area (Å²) in [6, 6.07) is 7.63. The largest absolute Gasteiger partial charge is 0.306 e. The van der Waals surface area contributed by atoms with Gasteiger partial charge in [0.25, 0.3) is 0 Å². The SMILES string of the molecule is CCNC(c1ccc(Br)c(C)c1)c1ccncc1F. The molecule has 0 fully saturated rings. The first-order chi connectivity index (χ1) is 9.13. The van der Waals surface area contributed by atoms with Crippen molar-refractivity contribution in [1.29, 1.82) is 0 Å². The summed E-state index contributed by atoms with van der Waals surface area (Å²) in [5.41, 5.74) is 2.81. The van der Waals surface area contributed by atoms with Gasteiger partial charge in [-0.1, -0.05) is 35.0 Å². The van der Waals surface area contributed by atoms with Gasteiger partial charge in [0.05, 0.1) is 12.2 Å². The van der Waals surface area contributed by atoms with E-state index < -0.39 is 0 Å². The highest BCUT2D eigenvalue weighted by Gasteiger charge is 2.17. The van der Waals surface area contributed by atoms with Crippen LogP contribution in [0.15, 0.2) is 41.1 Å². The van der Waals surface area contributed by atoms with Gasteiger partial charge in [-0.05, 0) is 36.7 Å². The van der Waals surface area contributed by atoms with E-state index in [1.807, 2.05) is 26.0 Å². The number of pyridine rings is 1. The number of aromatic nitrogens is 1. The lowest BCUT2D eigenvalue weighted by Crippen LogP contribution is -2.23. The maximum Gasteiger partial charge on any atom is 0.146 e. The highest BCUT2D eigenvalue weighted by molar-refractivity contribution is 9.10. The Morgan fingerprint density at radius 3 is 2.79 bits per heavy atom. The summed E-state index contributed by atoms with van der Waals surface area (Å²) < 4.78 is 15.0. The second-order valence-corrected chi connectivity index (χ2v) is 5.25. The third kappa shape index (κ3) is 3.19. The van der Waals surface area contributed by atoms with E-state index in [0.717, 1.165) is 22.1 Å². The van der Waals surface area contributed by atoms with Crippen LogP contribution in [0.3, 0.4) is 0 Å². The van der Waals surface area contributed by atoms with Crippen LogP contribution in [-0.4, -0.2) is 11.5 Å². The van der Waals surface area contributed by atoms with Crippen LogP contribution >= 0.6 is 15.9 Å². The average Bonchev–Trinajstić information content (AvgIpc) is 2.40. The molecule has 19 heavy (non-hydrogen) atoms. The van der Waals surface area contributed by atoms with E-state index in [4.69, 9.17) is 0 Å². The predicted octanol–water partition coefficient (Wildman–Crippen LogP) is 3.99. The van der Waals surface area contributed by atoms with Crippen LogP contribution in [-0.2, 0) is 0 Å². The lowest BCUT2D eigenvalue weighted by molar-refractivity contribution is 0.554. The first kappa shape index (κ1) is 14.2. The molecule has 2 nitrogen and oxygen atoms in total. The smallest absolute Gasteiger partial charge is 0.146 e. The van der Waals surface area contributed by atoms with Crippen LogP contribution in [0.2, 0.25) is 0 Å². The minimum Gasteiger partial charge on any atom is -0.306 e. The Morgan fingerprint density at radius 2 is 2.16 bits per heavy atom. The van der Waals surface area contributed by atoms with Crippen LogP contribution in [0, 0.1) is 12.7 Å². The van der Waals surface area contributed by atoms with Crippen LogP contribution in [0.5, 0.6) is 0 Å². The van der Waals surface area contributed by atoms with E-state index in [-0.39, 0.29) is 11.9 Å². The number of nitrogens with one attached hydrogen (secondary N) is 1. The molecule has 1 unspecified atom stereocenters. The molecule has 0 saturated carbocycles. The predicted molar refractivity (Wildman–Crippen MR) is 78.6 cm³/mol. The monoisotopic (exact) mass is 322 g/mol. The van der Waals surface area contributed by atoms with Crippen LogP contribution < -0.4 is 5.32 Å². The molecule has 4 heteroatoms. The highest BCUT2D eigenvalue weighted by Crippen LogP contribution is 2.27.